The minimum Gasteiger partial charge on any atom is -0.478 e. The maximum atomic E-state index is 13.0. The summed E-state index contributed by atoms with van der Waals surface area (Å²) < 4.78 is 12.8. The third kappa shape index (κ3) is 3.51. The Hall–Kier alpha value is -2.68. The first-order valence-electron chi connectivity index (χ1n) is 10.6. The number of aliphatic hydroxyl groups is 1. The molecule has 30 heavy (non-hydrogen) atoms. The van der Waals surface area contributed by atoms with Crippen LogP contribution in [0.1, 0.15) is 49.2 Å². The molecule has 1 saturated carbocycles. The van der Waals surface area contributed by atoms with E-state index in [9.17, 15) is 9.90 Å². The van der Waals surface area contributed by atoms with Gasteiger partial charge in [0.25, 0.3) is 5.91 Å². The van der Waals surface area contributed by atoms with E-state index in [1.165, 1.54) is 0 Å². The molecule has 162 valence electrons. The van der Waals surface area contributed by atoms with Crippen LogP contribution in [0.15, 0.2) is 18.5 Å². The highest BCUT2D eigenvalue weighted by Gasteiger charge is 2.54. The number of carbonyl (C=O) groups excluding carboxylic acids is 1. The average molecular weight is 415 g/mol. The van der Waals surface area contributed by atoms with Gasteiger partial charge in [-0.2, -0.15) is 10.1 Å². The quantitative estimate of drug-likeness (QED) is 0.767. The zero-order valence-corrected chi connectivity index (χ0v) is 17.7. The molecular weight excluding hydrogens is 386 g/mol. The van der Waals surface area contributed by atoms with Crippen LogP contribution in [-0.2, 0) is 12.6 Å². The van der Waals surface area contributed by atoms with E-state index >= 15 is 0 Å². The molecule has 2 aromatic rings. The number of nitrogens with zero attached hydrogens (tertiary/aromatic N) is 5. The van der Waals surface area contributed by atoms with Gasteiger partial charge in [0.15, 0.2) is 0 Å². The Labute approximate surface area is 176 Å². The van der Waals surface area contributed by atoms with Gasteiger partial charge < -0.3 is 19.5 Å². The first-order chi connectivity index (χ1) is 14.5. The second-order valence-corrected chi connectivity index (χ2v) is 7.97. The molecule has 1 N–H and O–H groups in total. The fourth-order valence-electron chi connectivity index (χ4n) is 4.82. The molecule has 1 aliphatic carbocycles. The molecule has 1 unspecified atom stereocenters. The molecule has 3 heterocycles. The van der Waals surface area contributed by atoms with E-state index in [1.807, 2.05) is 18.7 Å². The molecule has 4 rings (SSSR count). The lowest BCUT2D eigenvalue weighted by Gasteiger charge is -2.53. The van der Waals surface area contributed by atoms with Crippen molar-refractivity contribution < 1.29 is 19.4 Å². The first kappa shape index (κ1) is 20.6. The van der Waals surface area contributed by atoms with Gasteiger partial charge in [0.2, 0.25) is 5.88 Å². The molecule has 2 aromatic heterocycles. The molecule has 0 spiro atoms. The van der Waals surface area contributed by atoms with E-state index in [0.717, 1.165) is 19.3 Å². The number of amides is 1. The predicted molar refractivity (Wildman–Crippen MR) is 108 cm³/mol. The average Bonchev–Trinajstić information content (AvgIpc) is 3.14. The van der Waals surface area contributed by atoms with Crippen LogP contribution in [0.25, 0.3) is 0 Å². The highest BCUT2D eigenvalue weighted by molar-refractivity contribution is 5.92. The molecule has 2 fully saturated rings. The Morgan fingerprint density at radius 3 is 2.53 bits per heavy atom. The van der Waals surface area contributed by atoms with Crippen LogP contribution in [0.2, 0.25) is 0 Å². The molecule has 1 aliphatic heterocycles. The lowest BCUT2D eigenvalue weighted by Crippen LogP contribution is -2.59. The Morgan fingerprint density at radius 2 is 1.93 bits per heavy atom. The highest BCUT2D eigenvalue weighted by Crippen LogP contribution is 2.51. The summed E-state index contributed by atoms with van der Waals surface area (Å²) in [5.74, 6) is 0.0131. The van der Waals surface area contributed by atoms with Crippen molar-refractivity contribution in [2.75, 3.05) is 26.3 Å². The van der Waals surface area contributed by atoms with Gasteiger partial charge in [-0.3, -0.25) is 9.48 Å². The van der Waals surface area contributed by atoms with Crippen molar-refractivity contribution in [1.29, 1.82) is 0 Å². The number of aromatic nitrogens is 4. The Bertz CT molecular complexity index is 901. The number of ether oxygens (including phenoxy) is 2. The summed E-state index contributed by atoms with van der Waals surface area (Å²) in [5.41, 5.74) is -0.123. The normalized spacial score (nSPS) is 25.8. The molecule has 0 aromatic carbocycles. The van der Waals surface area contributed by atoms with Gasteiger partial charge in [0, 0.05) is 44.4 Å². The number of rotatable bonds is 6. The van der Waals surface area contributed by atoms with Gasteiger partial charge in [-0.1, -0.05) is 6.42 Å². The molecule has 0 radical (unpaired) electrons. The van der Waals surface area contributed by atoms with Crippen molar-refractivity contribution in [2.24, 2.45) is 18.9 Å². The summed E-state index contributed by atoms with van der Waals surface area (Å²) in [6.45, 7) is 5.54. The van der Waals surface area contributed by atoms with E-state index < -0.39 is 5.60 Å². The standard InChI is InChI=1S/C21H29N5O4/c1-4-29-18-16(11-22-20(23-18)30-5-2)21(28)14-7-6-8-15(21)13-26(12-14)19(27)17-9-10-25(3)24-17/h9-11,14-15,28H,4-8,12-13H2,1-3H3/t14-,15+,21?. The number of hydrogen-bond donors (Lipinski definition) is 1. The molecule has 2 aliphatic rings. The zero-order valence-electron chi connectivity index (χ0n) is 17.7. The maximum absolute atomic E-state index is 13.0. The van der Waals surface area contributed by atoms with Crippen molar-refractivity contribution in [3.05, 3.63) is 29.7 Å². The number of hydrogen-bond acceptors (Lipinski definition) is 7. The van der Waals surface area contributed by atoms with Crippen molar-refractivity contribution >= 4 is 5.91 Å². The number of fused-ring (bicyclic) bond motifs is 2. The molecule has 2 bridgehead atoms. The van der Waals surface area contributed by atoms with Gasteiger partial charge in [-0.25, -0.2) is 4.98 Å². The maximum Gasteiger partial charge on any atom is 0.319 e. The van der Waals surface area contributed by atoms with Crippen LogP contribution in [0.4, 0.5) is 0 Å². The Morgan fingerprint density at radius 1 is 1.23 bits per heavy atom. The lowest BCUT2D eigenvalue weighted by atomic mass is 9.63. The fourth-order valence-corrected chi connectivity index (χ4v) is 4.82. The Balaban J connectivity index is 1.65. The topological polar surface area (TPSA) is 103 Å². The van der Waals surface area contributed by atoms with Crippen LogP contribution < -0.4 is 9.47 Å². The minimum absolute atomic E-state index is 0.0949. The summed E-state index contributed by atoms with van der Waals surface area (Å²) in [6.07, 6.45) is 6.05. The lowest BCUT2D eigenvalue weighted by molar-refractivity contribution is -0.141. The second kappa shape index (κ2) is 8.22. The molecule has 1 amide bonds. The summed E-state index contributed by atoms with van der Waals surface area (Å²) in [6, 6.07) is 1.97. The van der Waals surface area contributed by atoms with E-state index in [0.29, 0.717) is 43.4 Å². The van der Waals surface area contributed by atoms with Crippen molar-refractivity contribution in [3.8, 4) is 11.9 Å². The molecular formula is C21H29N5O4. The molecule has 1 saturated heterocycles. The first-order valence-corrected chi connectivity index (χ1v) is 10.6. The van der Waals surface area contributed by atoms with Crippen molar-refractivity contribution in [3.63, 3.8) is 0 Å². The van der Waals surface area contributed by atoms with Gasteiger partial charge in [-0.05, 0) is 32.8 Å². The number of piperidine rings is 1. The van der Waals surface area contributed by atoms with Gasteiger partial charge in [0.1, 0.15) is 11.3 Å². The third-order valence-corrected chi connectivity index (χ3v) is 6.17. The van der Waals surface area contributed by atoms with Gasteiger partial charge >= 0.3 is 6.01 Å². The predicted octanol–water partition coefficient (Wildman–Crippen LogP) is 1.77. The highest BCUT2D eigenvalue weighted by atomic mass is 16.5. The SMILES string of the molecule is CCOc1ncc(C2(O)[C@@H]3CCC[C@H]2CN(C(=O)c2ccn(C)n2)C3)c(OCC)n1. The van der Waals surface area contributed by atoms with E-state index in [1.54, 1.807) is 30.2 Å². The van der Waals surface area contributed by atoms with E-state index in [2.05, 4.69) is 15.1 Å². The number of likely N-dealkylation sites (tertiary alicyclic amines) is 1. The monoisotopic (exact) mass is 415 g/mol. The summed E-state index contributed by atoms with van der Waals surface area (Å²) >= 11 is 0. The molecule has 3 atom stereocenters. The second-order valence-electron chi connectivity index (χ2n) is 7.97. The molecule has 9 heteroatoms. The number of aryl methyl sites for hydroxylation is 1. The smallest absolute Gasteiger partial charge is 0.319 e. The zero-order chi connectivity index (χ0) is 21.3. The van der Waals surface area contributed by atoms with Crippen LogP contribution in [0.5, 0.6) is 11.9 Å². The largest absolute Gasteiger partial charge is 0.478 e. The van der Waals surface area contributed by atoms with Crippen LogP contribution in [-0.4, -0.2) is 62.0 Å². The van der Waals surface area contributed by atoms with Crippen LogP contribution in [0.3, 0.4) is 0 Å². The van der Waals surface area contributed by atoms with Crippen molar-refractivity contribution in [1.82, 2.24) is 24.6 Å². The van der Waals surface area contributed by atoms with Crippen LogP contribution in [0, 0.1) is 11.8 Å². The van der Waals surface area contributed by atoms with E-state index in [4.69, 9.17) is 9.47 Å². The van der Waals surface area contributed by atoms with Gasteiger partial charge in [-0.15, -0.1) is 0 Å². The van der Waals surface area contributed by atoms with Crippen molar-refractivity contribution in [2.45, 2.75) is 38.7 Å². The van der Waals surface area contributed by atoms with E-state index in [-0.39, 0.29) is 23.8 Å². The third-order valence-electron chi connectivity index (χ3n) is 6.17. The minimum atomic E-state index is -1.14. The molecule has 9 nitrogen and oxygen atoms in total. The summed E-state index contributed by atoms with van der Waals surface area (Å²) in [4.78, 5) is 23.5. The fraction of sp³-hybridized carbons (Fsp3) is 0.619. The summed E-state index contributed by atoms with van der Waals surface area (Å²) in [7, 11) is 1.79. The Kier molecular flexibility index (Phi) is 5.64. The van der Waals surface area contributed by atoms with Crippen LogP contribution >= 0.6 is 0 Å². The number of carbonyl (C=O) groups is 1. The van der Waals surface area contributed by atoms with Gasteiger partial charge in [0.05, 0.1) is 18.8 Å². The summed E-state index contributed by atoms with van der Waals surface area (Å²) in [5, 5.41) is 16.2.